The molecule has 1 rings (SSSR count). The number of ether oxygens (including phenoxy) is 1. The molecule has 0 unspecified atom stereocenters. The van der Waals surface area contributed by atoms with Crippen molar-refractivity contribution >= 4 is 24.6 Å². The van der Waals surface area contributed by atoms with E-state index in [1.807, 2.05) is 0 Å². The second-order valence-electron chi connectivity index (χ2n) is 1.59. The number of carbonyl (C=O) groups is 2. The number of hydrogen-bond donors (Lipinski definition) is 1. The summed E-state index contributed by atoms with van der Waals surface area (Å²) in [6.45, 7) is -0.0928. The molecule has 0 aromatic heterocycles. The lowest BCUT2D eigenvalue weighted by atomic mass is 10.5. The van der Waals surface area contributed by atoms with Gasteiger partial charge in [0.15, 0.2) is 0 Å². The number of morpholine rings is 1. The Bertz CT molecular complexity index is 142. The molecule has 0 bridgehead atoms. The standard InChI is InChI=1S/C4H5NO3S/c6-3-1-8-2-4(7)5(3)9/h9H,1-2H2. The molecule has 0 aromatic carbocycles. The van der Waals surface area contributed by atoms with Crippen LogP contribution in [0.15, 0.2) is 0 Å². The van der Waals surface area contributed by atoms with E-state index in [0.717, 1.165) is 4.31 Å². The van der Waals surface area contributed by atoms with Crippen molar-refractivity contribution in [2.45, 2.75) is 0 Å². The number of nitrogens with zero attached hydrogens (tertiary/aromatic N) is 1. The van der Waals surface area contributed by atoms with E-state index in [1.165, 1.54) is 0 Å². The molecule has 1 fully saturated rings. The molecule has 0 N–H and O–H groups in total. The topological polar surface area (TPSA) is 46.6 Å². The highest BCUT2D eigenvalue weighted by Crippen LogP contribution is 2.01. The van der Waals surface area contributed by atoms with Gasteiger partial charge in [-0.1, -0.05) is 12.8 Å². The maximum Gasteiger partial charge on any atom is 0.265 e. The molecule has 1 heterocycles. The molecule has 0 atom stereocenters. The predicted octanol–water partition coefficient (Wildman–Crippen LogP) is -0.783. The Labute approximate surface area is 57.3 Å². The molecule has 1 aliphatic rings. The number of hydrogen-bond acceptors (Lipinski definition) is 4. The highest BCUT2D eigenvalue weighted by atomic mass is 32.1. The first kappa shape index (κ1) is 6.57. The second-order valence-corrected chi connectivity index (χ2v) is 1.99. The molecule has 1 aliphatic heterocycles. The van der Waals surface area contributed by atoms with Gasteiger partial charge in [-0.15, -0.1) is 0 Å². The Hall–Kier alpha value is -0.550. The van der Waals surface area contributed by atoms with Crippen molar-refractivity contribution in [3.05, 3.63) is 0 Å². The zero-order chi connectivity index (χ0) is 6.85. The van der Waals surface area contributed by atoms with Crippen LogP contribution in [0.1, 0.15) is 0 Å². The molecule has 0 aliphatic carbocycles. The summed E-state index contributed by atoms with van der Waals surface area (Å²) in [7, 11) is 0. The minimum absolute atomic E-state index is 0.0464. The Morgan fingerprint density at radius 3 is 2.11 bits per heavy atom. The van der Waals surface area contributed by atoms with Gasteiger partial charge in [0.2, 0.25) is 0 Å². The van der Waals surface area contributed by atoms with E-state index in [2.05, 4.69) is 17.6 Å². The van der Waals surface area contributed by atoms with E-state index in [-0.39, 0.29) is 13.2 Å². The first-order chi connectivity index (χ1) is 4.22. The number of carbonyl (C=O) groups excluding carboxylic acids is 2. The maximum atomic E-state index is 10.5. The van der Waals surface area contributed by atoms with Gasteiger partial charge in [-0.3, -0.25) is 9.59 Å². The molecule has 9 heavy (non-hydrogen) atoms. The molecule has 5 heteroatoms. The van der Waals surface area contributed by atoms with E-state index in [4.69, 9.17) is 0 Å². The van der Waals surface area contributed by atoms with Crippen LogP contribution < -0.4 is 0 Å². The van der Waals surface area contributed by atoms with Gasteiger partial charge in [-0.25, -0.2) is 4.31 Å². The fourth-order valence-electron chi connectivity index (χ4n) is 0.487. The molecule has 1 saturated heterocycles. The van der Waals surface area contributed by atoms with Gasteiger partial charge in [0.05, 0.1) is 0 Å². The molecule has 0 aromatic rings. The lowest BCUT2D eigenvalue weighted by molar-refractivity contribution is -0.150. The van der Waals surface area contributed by atoms with Crippen LogP contribution in [0, 0.1) is 0 Å². The molecule has 2 amide bonds. The summed E-state index contributed by atoms with van der Waals surface area (Å²) < 4.78 is 5.34. The van der Waals surface area contributed by atoms with Crippen LogP contribution in [-0.4, -0.2) is 29.3 Å². The molecule has 4 nitrogen and oxygen atoms in total. The largest absolute Gasteiger partial charge is 0.362 e. The molecule has 50 valence electrons. The van der Waals surface area contributed by atoms with Gasteiger partial charge in [0.1, 0.15) is 13.2 Å². The highest BCUT2D eigenvalue weighted by Gasteiger charge is 2.23. The summed E-state index contributed by atoms with van der Waals surface area (Å²) in [4.78, 5) is 21.0. The quantitative estimate of drug-likeness (QED) is 0.361. The van der Waals surface area contributed by atoms with Crippen LogP contribution in [0.3, 0.4) is 0 Å². The molecular formula is C4H5NO3S. The van der Waals surface area contributed by atoms with Crippen molar-refractivity contribution in [3.8, 4) is 0 Å². The average Bonchev–Trinajstić information content (AvgIpc) is 1.83. The van der Waals surface area contributed by atoms with Crippen molar-refractivity contribution < 1.29 is 14.3 Å². The lowest BCUT2D eigenvalue weighted by Crippen LogP contribution is -2.39. The first-order valence-electron chi connectivity index (χ1n) is 2.34. The Balaban J connectivity index is 2.62. The summed E-state index contributed by atoms with van der Waals surface area (Å²) in [6, 6.07) is 0. The van der Waals surface area contributed by atoms with Crippen molar-refractivity contribution in [1.29, 1.82) is 0 Å². The normalized spacial score (nSPS) is 20.8. The number of thiol groups is 1. The summed E-state index contributed by atoms with van der Waals surface area (Å²) in [5, 5.41) is 0. The third kappa shape index (κ3) is 1.22. The van der Waals surface area contributed by atoms with Crippen molar-refractivity contribution in [2.75, 3.05) is 13.2 Å². The molecular weight excluding hydrogens is 142 g/mol. The monoisotopic (exact) mass is 147 g/mol. The smallest absolute Gasteiger partial charge is 0.265 e. The maximum absolute atomic E-state index is 10.5. The van der Waals surface area contributed by atoms with E-state index in [1.54, 1.807) is 0 Å². The molecule has 0 spiro atoms. The van der Waals surface area contributed by atoms with E-state index in [0.29, 0.717) is 0 Å². The van der Waals surface area contributed by atoms with Gasteiger partial charge < -0.3 is 4.74 Å². The number of amides is 2. The number of imide groups is 1. The number of rotatable bonds is 0. The van der Waals surface area contributed by atoms with Gasteiger partial charge in [0, 0.05) is 0 Å². The minimum Gasteiger partial charge on any atom is -0.362 e. The van der Waals surface area contributed by atoms with Crippen LogP contribution in [0.4, 0.5) is 0 Å². The minimum atomic E-state index is -0.408. The Morgan fingerprint density at radius 2 is 1.78 bits per heavy atom. The Kier molecular flexibility index (Phi) is 1.73. The van der Waals surface area contributed by atoms with E-state index in [9.17, 15) is 9.59 Å². The summed E-state index contributed by atoms with van der Waals surface area (Å²) in [6.07, 6.45) is 0. The molecule has 0 radical (unpaired) electrons. The summed E-state index contributed by atoms with van der Waals surface area (Å²) in [5.41, 5.74) is 0. The van der Waals surface area contributed by atoms with Crippen molar-refractivity contribution in [3.63, 3.8) is 0 Å². The zero-order valence-corrected chi connectivity index (χ0v) is 5.43. The second kappa shape index (κ2) is 2.36. The van der Waals surface area contributed by atoms with Gasteiger partial charge in [-0.05, 0) is 0 Å². The van der Waals surface area contributed by atoms with Crippen LogP contribution in [0.25, 0.3) is 0 Å². The fourth-order valence-corrected chi connectivity index (χ4v) is 0.602. The molecule has 0 saturated carbocycles. The predicted molar refractivity (Wildman–Crippen MR) is 31.7 cm³/mol. The zero-order valence-electron chi connectivity index (χ0n) is 4.53. The van der Waals surface area contributed by atoms with Gasteiger partial charge in [-0.2, -0.15) is 0 Å². The third-order valence-electron chi connectivity index (χ3n) is 0.924. The van der Waals surface area contributed by atoms with E-state index >= 15 is 0 Å². The SMILES string of the molecule is O=C1COCC(=O)N1S. The summed E-state index contributed by atoms with van der Waals surface area (Å²) in [5.74, 6) is -0.816. The van der Waals surface area contributed by atoms with Crippen molar-refractivity contribution in [1.82, 2.24) is 4.31 Å². The lowest BCUT2D eigenvalue weighted by Gasteiger charge is -2.18. The van der Waals surface area contributed by atoms with Gasteiger partial charge >= 0.3 is 0 Å². The highest BCUT2D eigenvalue weighted by molar-refractivity contribution is 7.79. The first-order valence-corrected chi connectivity index (χ1v) is 2.74. The van der Waals surface area contributed by atoms with E-state index < -0.39 is 11.8 Å². The van der Waals surface area contributed by atoms with Crippen molar-refractivity contribution in [2.24, 2.45) is 0 Å². The fraction of sp³-hybridized carbons (Fsp3) is 0.500. The summed E-state index contributed by atoms with van der Waals surface area (Å²) >= 11 is 3.61. The van der Waals surface area contributed by atoms with Crippen LogP contribution in [-0.2, 0) is 14.3 Å². The third-order valence-corrected chi connectivity index (χ3v) is 1.37. The Morgan fingerprint density at radius 1 is 1.33 bits per heavy atom. The van der Waals surface area contributed by atoms with Crippen LogP contribution in [0.2, 0.25) is 0 Å². The van der Waals surface area contributed by atoms with Gasteiger partial charge in [0.25, 0.3) is 11.8 Å². The average molecular weight is 147 g/mol. The van der Waals surface area contributed by atoms with Crippen LogP contribution in [0.5, 0.6) is 0 Å². The van der Waals surface area contributed by atoms with Crippen LogP contribution >= 0.6 is 12.8 Å².